The monoisotopic (exact) mass is 377 g/mol. The van der Waals surface area contributed by atoms with Crippen LogP contribution in [0.1, 0.15) is 23.6 Å². The van der Waals surface area contributed by atoms with Gasteiger partial charge in [0.15, 0.2) is 11.5 Å². The lowest BCUT2D eigenvalue weighted by atomic mass is 9.87. The topological polar surface area (TPSA) is 59.8 Å². The summed E-state index contributed by atoms with van der Waals surface area (Å²) in [5.74, 6) is 2.60. The molecule has 4 heterocycles. The highest BCUT2D eigenvalue weighted by molar-refractivity contribution is 5.45. The van der Waals surface area contributed by atoms with Gasteiger partial charge in [0, 0.05) is 37.1 Å². The second-order valence-electron chi connectivity index (χ2n) is 7.37. The van der Waals surface area contributed by atoms with Crippen LogP contribution in [0.2, 0.25) is 0 Å². The number of piperidine rings is 1. The van der Waals surface area contributed by atoms with Crippen molar-refractivity contribution in [1.29, 1.82) is 0 Å². The van der Waals surface area contributed by atoms with Crippen molar-refractivity contribution in [3.05, 3.63) is 72.2 Å². The van der Waals surface area contributed by atoms with Crippen LogP contribution >= 0.6 is 0 Å². The van der Waals surface area contributed by atoms with Gasteiger partial charge in [0.2, 0.25) is 6.79 Å². The summed E-state index contributed by atoms with van der Waals surface area (Å²) in [6, 6.07) is 16.1. The quantitative estimate of drug-likeness (QED) is 0.758. The van der Waals surface area contributed by atoms with Crippen LogP contribution in [-0.2, 0) is 6.54 Å². The third kappa shape index (κ3) is 3.25. The van der Waals surface area contributed by atoms with Crippen LogP contribution in [0.3, 0.4) is 0 Å². The van der Waals surface area contributed by atoms with Crippen molar-refractivity contribution in [3.8, 4) is 17.3 Å². The number of aromatic nitrogens is 2. The number of benzene rings is 1. The molecular weight excluding hydrogens is 354 g/mol. The smallest absolute Gasteiger partial charge is 0.231 e. The fourth-order valence-electron chi connectivity index (χ4n) is 4.17. The molecule has 2 aliphatic heterocycles. The Kier molecular flexibility index (Phi) is 4.50. The first-order chi connectivity index (χ1) is 13.8. The van der Waals surface area contributed by atoms with Crippen LogP contribution in [0.5, 0.6) is 11.5 Å². The van der Waals surface area contributed by atoms with Gasteiger partial charge in [0.05, 0.1) is 6.10 Å². The molecule has 0 aliphatic carbocycles. The van der Waals surface area contributed by atoms with Crippen LogP contribution in [0.15, 0.2) is 60.9 Å². The molecule has 0 unspecified atom stereocenters. The van der Waals surface area contributed by atoms with E-state index in [-0.39, 0.29) is 12.7 Å². The van der Waals surface area contributed by atoms with Crippen LogP contribution in [0.25, 0.3) is 5.82 Å². The summed E-state index contributed by atoms with van der Waals surface area (Å²) in [7, 11) is 0. The maximum atomic E-state index is 10.8. The molecule has 1 saturated heterocycles. The zero-order valence-corrected chi connectivity index (χ0v) is 15.6. The van der Waals surface area contributed by atoms with Gasteiger partial charge in [-0.2, -0.15) is 0 Å². The van der Waals surface area contributed by atoms with Gasteiger partial charge in [0.25, 0.3) is 0 Å². The lowest BCUT2D eigenvalue weighted by Gasteiger charge is -2.36. The maximum absolute atomic E-state index is 10.8. The molecule has 5 rings (SSSR count). The molecule has 1 aromatic carbocycles. The van der Waals surface area contributed by atoms with Crippen molar-refractivity contribution in [3.63, 3.8) is 0 Å². The van der Waals surface area contributed by atoms with Crippen molar-refractivity contribution < 1.29 is 14.6 Å². The summed E-state index contributed by atoms with van der Waals surface area (Å²) in [6.45, 7) is 2.64. The van der Waals surface area contributed by atoms with Gasteiger partial charge in [-0.25, -0.2) is 4.98 Å². The summed E-state index contributed by atoms with van der Waals surface area (Å²) in [6.07, 6.45) is 4.34. The first-order valence-electron chi connectivity index (χ1n) is 9.65. The number of fused-ring (bicyclic) bond motifs is 1. The molecule has 6 heteroatoms. The Morgan fingerprint density at radius 2 is 2.00 bits per heavy atom. The van der Waals surface area contributed by atoms with Gasteiger partial charge in [-0.1, -0.05) is 12.1 Å². The van der Waals surface area contributed by atoms with E-state index in [2.05, 4.69) is 20.5 Å². The van der Waals surface area contributed by atoms with E-state index in [0.717, 1.165) is 42.4 Å². The van der Waals surface area contributed by atoms with Crippen molar-refractivity contribution in [2.24, 2.45) is 0 Å². The van der Waals surface area contributed by atoms with E-state index in [1.54, 1.807) is 6.20 Å². The van der Waals surface area contributed by atoms with Gasteiger partial charge in [-0.15, -0.1) is 0 Å². The number of aliphatic hydroxyl groups excluding tert-OH is 1. The van der Waals surface area contributed by atoms with Gasteiger partial charge in [0.1, 0.15) is 5.82 Å². The highest BCUT2D eigenvalue weighted by atomic mass is 16.7. The molecule has 0 radical (unpaired) electrons. The lowest BCUT2D eigenvalue weighted by Crippen LogP contribution is -2.42. The Bertz CT molecular complexity index is 957. The molecule has 144 valence electrons. The average molecular weight is 377 g/mol. The predicted molar refractivity (Wildman–Crippen MR) is 105 cm³/mol. The van der Waals surface area contributed by atoms with E-state index in [0.29, 0.717) is 6.54 Å². The molecular formula is C22H23N3O3. The Labute approximate surface area is 164 Å². The largest absolute Gasteiger partial charge is 0.454 e. The molecule has 0 spiro atoms. The molecule has 2 atom stereocenters. The first-order valence-corrected chi connectivity index (χ1v) is 9.65. The van der Waals surface area contributed by atoms with Crippen molar-refractivity contribution in [1.82, 2.24) is 14.5 Å². The summed E-state index contributed by atoms with van der Waals surface area (Å²) in [5, 5.41) is 10.8. The molecule has 6 nitrogen and oxygen atoms in total. The summed E-state index contributed by atoms with van der Waals surface area (Å²) < 4.78 is 13.0. The lowest BCUT2D eigenvalue weighted by molar-refractivity contribution is 0.0468. The number of pyridine rings is 1. The van der Waals surface area contributed by atoms with Crippen molar-refractivity contribution >= 4 is 0 Å². The Balaban J connectivity index is 1.28. The van der Waals surface area contributed by atoms with E-state index in [9.17, 15) is 5.11 Å². The van der Waals surface area contributed by atoms with Crippen LogP contribution < -0.4 is 9.47 Å². The third-order valence-corrected chi connectivity index (χ3v) is 5.61. The summed E-state index contributed by atoms with van der Waals surface area (Å²) in [5.41, 5.74) is 2.29. The van der Waals surface area contributed by atoms with Crippen LogP contribution in [0, 0.1) is 0 Å². The summed E-state index contributed by atoms with van der Waals surface area (Å²) >= 11 is 0. The number of nitrogens with zero attached hydrogens (tertiary/aromatic N) is 3. The number of ether oxygens (including phenoxy) is 2. The van der Waals surface area contributed by atoms with E-state index in [1.807, 2.05) is 48.7 Å². The van der Waals surface area contributed by atoms with Crippen molar-refractivity contribution in [2.45, 2.75) is 25.0 Å². The van der Waals surface area contributed by atoms with Crippen molar-refractivity contribution in [2.75, 3.05) is 19.9 Å². The minimum absolute atomic E-state index is 0.119. The Morgan fingerprint density at radius 3 is 2.86 bits per heavy atom. The Hall–Kier alpha value is -2.83. The number of hydrogen-bond donors (Lipinski definition) is 1. The number of hydrogen-bond acceptors (Lipinski definition) is 5. The molecule has 3 aromatic rings. The van der Waals surface area contributed by atoms with E-state index in [4.69, 9.17) is 9.47 Å². The normalized spacial score (nSPS) is 21.8. The predicted octanol–water partition coefficient (Wildman–Crippen LogP) is 2.95. The van der Waals surface area contributed by atoms with Crippen LogP contribution in [-0.4, -0.2) is 45.5 Å². The zero-order valence-electron chi connectivity index (χ0n) is 15.6. The Morgan fingerprint density at radius 1 is 1.07 bits per heavy atom. The minimum Gasteiger partial charge on any atom is -0.454 e. The maximum Gasteiger partial charge on any atom is 0.231 e. The van der Waals surface area contributed by atoms with Gasteiger partial charge < -0.3 is 19.1 Å². The fraction of sp³-hybridized carbons (Fsp3) is 0.318. The van der Waals surface area contributed by atoms with Gasteiger partial charge in [-0.3, -0.25) is 4.90 Å². The van der Waals surface area contributed by atoms with Crippen LogP contribution in [0.4, 0.5) is 0 Å². The molecule has 2 aromatic heterocycles. The fourth-order valence-corrected chi connectivity index (χ4v) is 4.17. The number of rotatable bonds is 4. The molecule has 1 N–H and O–H groups in total. The minimum atomic E-state index is -0.410. The van der Waals surface area contributed by atoms with Gasteiger partial charge in [-0.05, 0) is 54.9 Å². The molecule has 28 heavy (non-hydrogen) atoms. The molecule has 2 aliphatic rings. The standard InChI is InChI=1S/C22H23N3O3/c26-19-14-24(13-17-4-3-10-25(17)22-5-1-2-9-23-22)11-8-18(19)16-6-7-20-21(12-16)28-15-27-20/h1-7,9-10,12,18-19,26H,8,11,13-15H2/t18-,19+/m0/s1. The van der Waals surface area contributed by atoms with E-state index in [1.165, 1.54) is 5.69 Å². The molecule has 1 fully saturated rings. The molecule has 0 saturated carbocycles. The SMILES string of the molecule is O[C@@H]1CN(Cc2cccn2-c2ccccn2)CC[C@H]1c1ccc2c(c1)OCO2. The third-order valence-electron chi connectivity index (χ3n) is 5.61. The first kappa shape index (κ1) is 17.3. The number of likely N-dealkylation sites (tertiary alicyclic amines) is 1. The van der Waals surface area contributed by atoms with E-state index >= 15 is 0 Å². The summed E-state index contributed by atoms with van der Waals surface area (Å²) in [4.78, 5) is 6.75. The van der Waals surface area contributed by atoms with Gasteiger partial charge >= 0.3 is 0 Å². The number of aliphatic hydroxyl groups is 1. The highest BCUT2D eigenvalue weighted by Gasteiger charge is 2.30. The molecule has 0 amide bonds. The zero-order chi connectivity index (χ0) is 18.9. The second-order valence-corrected chi connectivity index (χ2v) is 7.37. The second kappa shape index (κ2) is 7.30. The average Bonchev–Trinajstić information content (AvgIpc) is 3.37. The van der Waals surface area contributed by atoms with E-state index < -0.39 is 6.10 Å². The highest BCUT2D eigenvalue weighted by Crippen LogP contribution is 2.37. The molecule has 0 bridgehead atoms. The number of β-amino-alcohol motifs (C(OH)–C–C–N with tert-alkyl or cyclic N) is 1.